The molecule has 4 rings (SSSR count). The second-order valence-electron chi connectivity index (χ2n) is 5.98. The molecule has 0 amide bonds. The molecule has 120 valence electrons. The lowest BCUT2D eigenvalue weighted by molar-refractivity contribution is 1.48. The van der Waals surface area contributed by atoms with Crippen LogP contribution in [0.15, 0.2) is 70.3 Å². The van der Waals surface area contributed by atoms with Gasteiger partial charge in [0.2, 0.25) is 0 Å². The molecule has 0 heterocycles. The lowest BCUT2D eigenvalue weighted by atomic mass is 10.0. The Balaban J connectivity index is 1.85. The van der Waals surface area contributed by atoms with Crippen LogP contribution >= 0.6 is 0 Å². The topological polar surface area (TPSA) is 81.7 Å². The normalized spacial score (nSPS) is 10.5. The van der Waals surface area contributed by atoms with Gasteiger partial charge in [-0.2, -0.15) is 10.5 Å². The summed E-state index contributed by atoms with van der Waals surface area (Å²) in [6.45, 7) is 0. The van der Waals surface area contributed by atoms with Gasteiger partial charge in [0.15, 0.2) is 10.9 Å². The van der Waals surface area contributed by atoms with E-state index in [4.69, 9.17) is 10.5 Å². The van der Waals surface area contributed by atoms with E-state index in [0.29, 0.717) is 43.8 Å². The summed E-state index contributed by atoms with van der Waals surface area (Å²) in [5.41, 5.74) is 2.93. The third kappa shape index (κ3) is 2.30. The second kappa shape index (κ2) is 5.81. The Morgan fingerprint density at radius 2 is 0.923 bits per heavy atom. The molecule has 26 heavy (non-hydrogen) atoms. The molecule has 0 bridgehead atoms. The molecule has 4 nitrogen and oxygen atoms in total. The van der Waals surface area contributed by atoms with Crippen LogP contribution in [0.3, 0.4) is 0 Å². The van der Waals surface area contributed by atoms with E-state index in [9.17, 15) is 9.59 Å². The van der Waals surface area contributed by atoms with Crippen molar-refractivity contribution in [2.75, 3.05) is 0 Å². The fraction of sp³-hybridized carbons (Fsp3) is 0. The van der Waals surface area contributed by atoms with Gasteiger partial charge in [0, 0.05) is 21.6 Å². The summed E-state index contributed by atoms with van der Waals surface area (Å²) in [5, 5.41) is 18.5. The molecule has 2 aliphatic rings. The summed E-state index contributed by atoms with van der Waals surface area (Å²) >= 11 is 0. The van der Waals surface area contributed by atoms with E-state index < -0.39 is 0 Å². The first-order valence-electron chi connectivity index (χ1n) is 7.90. The quantitative estimate of drug-likeness (QED) is 0.564. The molecule has 0 aliphatic heterocycles. The summed E-state index contributed by atoms with van der Waals surface area (Å²) in [4.78, 5) is 25.5. The van der Waals surface area contributed by atoms with Crippen LogP contribution in [0.2, 0.25) is 0 Å². The van der Waals surface area contributed by atoms with E-state index in [1.165, 1.54) is 0 Å². The highest BCUT2D eigenvalue weighted by molar-refractivity contribution is 5.70. The summed E-state index contributed by atoms with van der Waals surface area (Å²) < 4.78 is 0. The van der Waals surface area contributed by atoms with Crippen LogP contribution in [-0.2, 0) is 0 Å². The van der Waals surface area contributed by atoms with Crippen LogP contribution in [0.5, 0.6) is 0 Å². The molecule has 2 aromatic rings. The van der Waals surface area contributed by atoms with Gasteiger partial charge in [0.05, 0.1) is 23.3 Å². The average molecular weight is 334 g/mol. The van der Waals surface area contributed by atoms with Gasteiger partial charge in [-0.3, -0.25) is 9.59 Å². The van der Waals surface area contributed by atoms with Gasteiger partial charge in [-0.1, -0.05) is 24.3 Å². The van der Waals surface area contributed by atoms with Crippen LogP contribution in [-0.4, -0.2) is 0 Å². The Bertz CT molecular complexity index is 1250. The zero-order chi connectivity index (χ0) is 18.3. The highest BCUT2D eigenvalue weighted by Crippen LogP contribution is 2.21. The molecule has 0 saturated carbocycles. The Morgan fingerprint density at radius 3 is 1.23 bits per heavy atom. The van der Waals surface area contributed by atoms with Crippen LogP contribution in [0.25, 0.3) is 22.3 Å². The largest absolute Gasteiger partial charge is 0.289 e. The summed E-state index contributed by atoms with van der Waals surface area (Å²) in [7, 11) is 0. The van der Waals surface area contributed by atoms with Gasteiger partial charge in [-0.15, -0.1) is 0 Å². The van der Waals surface area contributed by atoms with E-state index in [1.54, 1.807) is 60.7 Å². The van der Waals surface area contributed by atoms with Gasteiger partial charge < -0.3 is 0 Å². The van der Waals surface area contributed by atoms with E-state index in [1.807, 2.05) is 12.1 Å². The molecule has 0 unspecified atom stereocenters. The van der Waals surface area contributed by atoms with Gasteiger partial charge >= 0.3 is 0 Å². The molecule has 0 N–H and O–H groups in total. The Kier molecular flexibility index (Phi) is 3.46. The van der Waals surface area contributed by atoms with E-state index in [2.05, 4.69) is 0 Å². The van der Waals surface area contributed by atoms with Crippen LogP contribution in [0, 0.1) is 33.1 Å². The molecule has 0 fully saturated rings. The summed E-state index contributed by atoms with van der Waals surface area (Å²) in [5.74, 6) is 0. The average Bonchev–Trinajstić information content (AvgIpc) is 3.19. The molecular weight excluding hydrogens is 324 g/mol. The van der Waals surface area contributed by atoms with Crippen molar-refractivity contribution >= 4 is 0 Å². The van der Waals surface area contributed by atoms with Crippen molar-refractivity contribution in [2.24, 2.45) is 0 Å². The number of hydrogen-bond donors (Lipinski definition) is 0. The maximum atomic E-state index is 12.7. The first kappa shape index (κ1) is 15.5. The fourth-order valence-electron chi connectivity index (χ4n) is 3.12. The molecule has 2 aromatic carbocycles. The molecule has 0 atom stereocenters. The molecule has 0 radical (unpaired) electrons. The SMILES string of the molecule is N#Cc1ccc(-c2cc3c(=O)c(-c4ccc(C#N)cc4)cc=3c2=O)cc1. The van der Waals surface area contributed by atoms with Crippen LogP contribution < -0.4 is 10.9 Å². The molecular formula is C22H10N2O2. The van der Waals surface area contributed by atoms with Crippen molar-refractivity contribution in [3.63, 3.8) is 0 Å². The molecule has 2 aliphatic carbocycles. The van der Waals surface area contributed by atoms with Crippen molar-refractivity contribution in [3.05, 3.63) is 103 Å². The Hall–Kier alpha value is -4.02. The number of nitriles is 2. The predicted molar refractivity (Wildman–Crippen MR) is 97.0 cm³/mol. The smallest absolute Gasteiger partial charge is 0.194 e. The van der Waals surface area contributed by atoms with Gasteiger partial charge in [-0.05, 0) is 47.5 Å². The Morgan fingerprint density at radius 1 is 0.577 bits per heavy atom. The zero-order valence-electron chi connectivity index (χ0n) is 13.5. The molecule has 0 aromatic heterocycles. The molecule has 0 saturated heterocycles. The summed E-state index contributed by atoms with van der Waals surface area (Å²) in [6.07, 6.45) is 0. The monoisotopic (exact) mass is 334 g/mol. The summed E-state index contributed by atoms with van der Waals surface area (Å²) in [6, 6.07) is 20.7. The van der Waals surface area contributed by atoms with Gasteiger partial charge in [0.1, 0.15) is 0 Å². The standard InChI is InChI=1S/C22H10N2O2/c23-11-13-1-5-15(6-2-13)17-9-19-20(21(17)25)10-18(22(19)26)16-7-3-14(12-24)4-8-16/h1-10H. The maximum Gasteiger partial charge on any atom is 0.194 e. The zero-order valence-corrected chi connectivity index (χ0v) is 13.5. The first-order chi connectivity index (χ1) is 12.6. The fourth-order valence-corrected chi connectivity index (χ4v) is 3.12. The van der Waals surface area contributed by atoms with Crippen molar-refractivity contribution < 1.29 is 0 Å². The highest BCUT2D eigenvalue weighted by Gasteiger charge is 2.15. The number of hydrogen-bond acceptors (Lipinski definition) is 4. The van der Waals surface area contributed by atoms with Crippen molar-refractivity contribution in [1.29, 1.82) is 10.5 Å². The number of rotatable bonds is 2. The van der Waals surface area contributed by atoms with Gasteiger partial charge in [-0.25, -0.2) is 0 Å². The van der Waals surface area contributed by atoms with Crippen LogP contribution in [0.4, 0.5) is 0 Å². The highest BCUT2D eigenvalue weighted by atomic mass is 16.1. The lowest BCUT2D eigenvalue weighted by Gasteiger charge is -1.98. The van der Waals surface area contributed by atoms with Crippen molar-refractivity contribution in [3.8, 4) is 34.4 Å². The van der Waals surface area contributed by atoms with Crippen molar-refractivity contribution in [2.45, 2.75) is 0 Å². The molecule has 0 spiro atoms. The third-order valence-electron chi connectivity index (χ3n) is 4.50. The minimum atomic E-state index is -0.193. The van der Waals surface area contributed by atoms with E-state index >= 15 is 0 Å². The number of nitrogens with zero attached hydrogens (tertiary/aromatic N) is 2. The predicted octanol–water partition coefficient (Wildman–Crippen LogP) is 3.08. The number of benzene rings is 2. The molecule has 4 heteroatoms. The lowest BCUT2D eigenvalue weighted by Crippen LogP contribution is -2.00. The van der Waals surface area contributed by atoms with E-state index in [-0.39, 0.29) is 10.9 Å². The third-order valence-corrected chi connectivity index (χ3v) is 4.50. The first-order valence-corrected chi connectivity index (χ1v) is 7.90. The second-order valence-corrected chi connectivity index (χ2v) is 5.98. The minimum absolute atomic E-state index is 0.193. The maximum absolute atomic E-state index is 12.7. The van der Waals surface area contributed by atoms with Crippen molar-refractivity contribution in [1.82, 2.24) is 0 Å². The minimum Gasteiger partial charge on any atom is -0.289 e. The van der Waals surface area contributed by atoms with Gasteiger partial charge in [0.25, 0.3) is 0 Å². The van der Waals surface area contributed by atoms with E-state index in [0.717, 1.165) is 0 Å². The van der Waals surface area contributed by atoms with Crippen LogP contribution in [0.1, 0.15) is 11.1 Å². The Labute approximate surface area is 148 Å².